The maximum Gasteiger partial charge on any atom is 0.122 e. The number of hydrogen-bond acceptors (Lipinski definition) is 1. The van der Waals surface area contributed by atoms with Crippen molar-refractivity contribution in [3.8, 4) is 0 Å². The SMILES string of the molecule is CC1CN([Si](C)C)[Si]1(C)C. The first-order chi connectivity index (χ1) is 4.46. The second-order valence-electron chi connectivity index (χ2n) is 4.11. The van der Waals surface area contributed by atoms with Crippen molar-refractivity contribution in [3.63, 3.8) is 0 Å². The van der Waals surface area contributed by atoms with Crippen LogP contribution in [-0.4, -0.2) is 28.0 Å². The number of nitrogens with zero attached hydrogens (tertiary/aromatic N) is 1. The molecular weight excluding hydrogens is 154 g/mol. The summed E-state index contributed by atoms with van der Waals surface area (Å²) in [5.41, 5.74) is 1.03. The molecule has 1 aliphatic rings. The van der Waals surface area contributed by atoms with Crippen LogP contribution in [0.3, 0.4) is 0 Å². The Bertz CT molecular complexity index is 134. The molecule has 0 amide bonds. The van der Waals surface area contributed by atoms with Gasteiger partial charge >= 0.3 is 0 Å². The molecule has 59 valence electrons. The summed E-state index contributed by atoms with van der Waals surface area (Å²) < 4.78 is 2.79. The van der Waals surface area contributed by atoms with Crippen molar-refractivity contribution in [1.29, 1.82) is 0 Å². The monoisotopic (exact) mass is 172 g/mol. The Morgan fingerprint density at radius 3 is 2.00 bits per heavy atom. The van der Waals surface area contributed by atoms with Gasteiger partial charge in [-0.1, -0.05) is 33.1 Å². The van der Waals surface area contributed by atoms with Gasteiger partial charge in [0.15, 0.2) is 0 Å². The van der Waals surface area contributed by atoms with Gasteiger partial charge in [0.1, 0.15) is 17.2 Å². The smallest absolute Gasteiger partial charge is 0.122 e. The summed E-state index contributed by atoms with van der Waals surface area (Å²) in [6.07, 6.45) is 0. The highest BCUT2D eigenvalue weighted by molar-refractivity contribution is 6.87. The Morgan fingerprint density at radius 2 is 1.90 bits per heavy atom. The fourth-order valence-electron chi connectivity index (χ4n) is 1.65. The Hall–Kier alpha value is 0.394. The zero-order chi connectivity index (χ0) is 7.94. The molecule has 1 rings (SSSR count). The number of hydrogen-bond donors (Lipinski definition) is 0. The quantitative estimate of drug-likeness (QED) is 0.548. The molecule has 1 unspecified atom stereocenters. The minimum absolute atomic E-state index is 0.120. The Kier molecular flexibility index (Phi) is 2.09. The van der Waals surface area contributed by atoms with Crippen LogP contribution in [0.25, 0.3) is 0 Å². The van der Waals surface area contributed by atoms with E-state index in [-0.39, 0.29) is 8.96 Å². The van der Waals surface area contributed by atoms with Crippen LogP contribution < -0.4 is 0 Å². The standard InChI is InChI=1S/C7H18NSi2/c1-7-6-8(9(2)3)10(7,4)5/h7H,6H2,1-5H3. The van der Waals surface area contributed by atoms with Crippen LogP contribution in [0.1, 0.15) is 6.92 Å². The normalized spacial score (nSPS) is 32.4. The molecule has 0 aliphatic carbocycles. The van der Waals surface area contributed by atoms with Gasteiger partial charge in [-0.05, 0) is 12.1 Å². The highest BCUT2D eigenvalue weighted by Gasteiger charge is 2.46. The van der Waals surface area contributed by atoms with Gasteiger partial charge in [0.05, 0.1) is 0 Å². The van der Waals surface area contributed by atoms with Gasteiger partial charge in [-0.25, -0.2) is 0 Å². The maximum atomic E-state index is 2.79. The van der Waals surface area contributed by atoms with Gasteiger partial charge in [-0.15, -0.1) is 0 Å². The molecule has 1 saturated heterocycles. The molecule has 0 aromatic heterocycles. The van der Waals surface area contributed by atoms with Crippen LogP contribution >= 0.6 is 0 Å². The van der Waals surface area contributed by atoms with Crippen molar-refractivity contribution in [2.75, 3.05) is 6.54 Å². The van der Waals surface area contributed by atoms with Crippen molar-refractivity contribution in [2.24, 2.45) is 0 Å². The molecule has 10 heavy (non-hydrogen) atoms. The van der Waals surface area contributed by atoms with E-state index in [9.17, 15) is 0 Å². The predicted molar refractivity (Wildman–Crippen MR) is 51.1 cm³/mol. The van der Waals surface area contributed by atoms with E-state index in [1.807, 2.05) is 0 Å². The summed E-state index contributed by atoms with van der Waals surface area (Å²) in [6, 6.07) is 0. The molecule has 0 aromatic carbocycles. The molecule has 3 heteroatoms. The van der Waals surface area contributed by atoms with E-state index in [0.29, 0.717) is 0 Å². The van der Waals surface area contributed by atoms with Gasteiger partial charge in [-0.2, -0.15) is 0 Å². The topological polar surface area (TPSA) is 3.24 Å². The molecule has 1 atom stereocenters. The van der Waals surface area contributed by atoms with Gasteiger partial charge in [0.25, 0.3) is 0 Å². The summed E-state index contributed by atoms with van der Waals surface area (Å²) in [5, 5.41) is 0. The summed E-state index contributed by atoms with van der Waals surface area (Å²) in [7, 11) is -0.988. The lowest BCUT2D eigenvalue weighted by molar-refractivity contribution is 0.496. The van der Waals surface area contributed by atoms with Crippen molar-refractivity contribution < 1.29 is 0 Å². The highest BCUT2D eigenvalue weighted by Crippen LogP contribution is 2.36. The van der Waals surface area contributed by atoms with Crippen molar-refractivity contribution in [2.45, 2.75) is 38.7 Å². The highest BCUT2D eigenvalue weighted by atomic mass is 28.4. The first-order valence-electron chi connectivity index (χ1n) is 4.04. The average molecular weight is 172 g/mol. The minimum atomic E-state index is -0.868. The molecule has 1 aliphatic heterocycles. The van der Waals surface area contributed by atoms with Crippen molar-refractivity contribution in [3.05, 3.63) is 0 Å². The van der Waals surface area contributed by atoms with E-state index in [2.05, 4.69) is 37.3 Å². The zero-order valence-corrected chi connectivity index (χ0v) is 9.73. The van der Waals surface area contributed by atoms with Gasteiger partial charge in [-0.3, -0.25) is 0 Å². The molecule has 1 fully saturated rings. The molecule has 0 aromatic rings. The zero-order valence-electron chi connectivity index (χ0n) is 7.73. The van der Waals surface area contributed by atoms with E-state index >= 15 is 0 Å². The summed E-state index contributed by atoms with van der Waals surface area (Å²) >= 11 is 0. The minimum Gasteiger partial charge on any atom is -0.346 e. The van der Waals surface area contributed by atoms with Gasteiger partial charge in [0.2, 0.25) is 0 Å². The van der Waals surface area contributed by atoms with E-state index < -0.39 is 8.24 Å². The fourth-order valence-corrected chi connectivity index (χ4v) is 9.33. The van der Waals surface area contributed by atoms with Crippen LogP contribution in [0.15, 0.2) is 0 Å². The Labute approximate surface area is 67.2 Å². The molecule has 1 nitrogen and oxygen atoms in total. The third-order valence-electron chi connectivity index (χ3n) is 2.90. The van der Waals surface area contributed by atoms with E-state index in [0.717, 1.165) is 5.54 Å². The molecular formula is C7H18NSi2. The molecule has 0 spiro atoms. The van der Waals surface area contributed by atoms with Crippen molar-refractivity contribution in [1.82, 2.24) is 4.23 Å². The van der Waals surface area contributed by atoms with Crippen LogP contribution in [0.2, 0.25) is 31.7 Å². The Morgan fingerprint density at radius 1 is 1.40 bits per heavy atom. The second-order valence-corrected chi connectivity index (χ2v) is 11.8. The van der Waals surface area contributed by atoms with Crippen LogP contribution in [0.5, 0.6) is 0 Å². The first-order valence-corrected chi connectivity index (χ1v) is 9.51. The van der Waals surface area contributed by atoms with E-state index in [1.165, 1.54) is 6.54 Å². The largest absolute Gasteiger partial charge is 0.346 e. The Balaban J connectivity index is 2.55. The third-order valence-corrected chi connectivity index (χ3v) is 11.4. The predicted octanol–water partition coefficient (Wildman–Crippen LogP) is 2.15. The maximum absolute atomic E-state index is 2.79. The summed E-state index contributed by atoms with van der Waals surface area (Å²) in [5.74, 6) is 0. The lowest BCUT2D eigenvalue weighted by atomic mass is 10.5. The average Bonchev–Trinajstić information content (AvgIpc) is 1.82. The molecule has 1 heterocycles. The summed E-state index contributed by atoms with van der Waals surface area (Å²) in [6.45, 7) is 13.6. The van der Waals surface area contributed by atoms with E-state index in [4.69, 9.17) is 0 Å². The molecule has 0 bridgehead atoms. The lowest BCUT2D eigenvalue weighted by Gasteiger charge is -2.54. The third kappa shape index (κ3) is 1.10. The second kappa shape index (κ2) is 2.46. The van der Waals surface area contributed by atoms with Crippen molar-refractivity contribution >= 4 is 17.2 Å². The molecule has 1 radical (unpaired) electrons. The van der Waals surface area contributed by atoms with E-state index in [1.54, 1.807) is 0 Å². The van der Waals surface area contributed by atoms with Gasteiger partial charge in [0, 0.05) is 0 Å². The first kappa shape index (κ1) is 8.49. The molecule has 0 saturated carbocycles. The van der Waals surface area contributed by atoms with Gasteiger partial charge < -0.3 is 4.23 Å². The van der Waals surface area contributed by atoms with Crippen LogP contribution in [0, 0.1) is 0 Å². The molecule has 0 N–H and O–H groups in total. The lowest BCUT2D eigenvalue weighted by Crippen LogP contribution is -2.67. The van der Waals surface area contributed by atoms with Crippen LogP contribution in [-0.2, 0) is 0 Å². The fraction of sp³-hybridized carbons (Fsp3) is 1.00. The van der Waals surface area contributed by atoms with Crippen LogP contribution in [0.4, 0.5) is 0 Å². The summed E-state index contributed by atoms with van der Waals surface area (Å²) in [4.78, 5) is 0. The number of rotatable bonds is 1.